The van der Waals surface area contributed by atoms with Gasteiger partial charge in [-0.1, -0.05) is 90.4 Å². The molecule has 8 heteroatoms. The molecule has 2 atom stereocenters. The molecular weight excluding hydrogens is 619 g/mol. The summed E-state index contributed by atoms with van der Waals surface area (Å²) in [6, 6.07) is 3.54. The van der Waals surface area contributed by atoms with Crippen molar-refractivity contribution in [3.8, 4) is 0 Å². The highest BCUT2D eigenvalue weighted by atomic mass is 127. The largest absolute Gasteiger partial charge is 1.00 e. The molecule has 0 spiro atoms. The topological polar surface area (TPSA) is 69.0 Å². The van der Waals surface area contributed by atoms with Crippen molar-refractivity contribution in [1.82, 2.24) is 0 Å². The summed E-state index contributed by atoms with van der Waals surface area (Å²) >= 11 is 0. The molecule has 2 rings (SSSR count). The van der Waals surface area contributed by atoms with Crippen LogP contribution in [-0.2, 0) is 25.5 Å². The molecular formula is C32H55IN2O5. The number of hydrogen-bond acceptors (Lipinski definition) is 5. The SMILES string of the molecule is CCCCCCCCCCCCCCCCOC[C@H]1CO[C@H](COC(=O)N(C(C)=O)c2ccc[n+](CC)c2)C1.[I-]. The number of aromatic nitrogens is 1. The first kappa shape index (κ1) is 36.8. The third kappa shape index (κ3) is 15.7. The minimum Gasteiger partial charge on any atom is -1.00 e. The van der Waals surface area contributed by atoms with E-state index in [9.17, 15) is 9.59 Å². The fourth-order valence-corrected chi connectivity index (χ4v) is 5.14. The second kappa shape index (κ2) is 23.3. The number of carbonyl (C=O) groups excluding carboxylic acids is 2. The molecule has 0 aliphatic carbocycles. The molecule has 0 unspecified atom stereocenters. The second-order valence-corrected chi connectivity index (χ2v) is 11.1. The van der Waals surface area contributed by atoms with Gasteiger partial charge in [-0.05, 0) is 25.8 Å². The van der Waals surface area contributed by atoms with Crippen molar-refractivity contribution in [2.24, 2.45) is 5.92 Å². The molecule has 230 valence electrons. The number of unbranched alkanes of at least 4 members (excludes halogenated alkanes) is 13. The lowest BCUT2D eigenvalue weighted by atomic mass is 10.0. The van der Waals surface area contributed by atoms with Crippen LogP contribution in [0, 0.1) is 5.92 Å². The van der Waals surface area contributed by atoms with E-state index in [0.717, 1.165) is 30.9 Å². The fraction of sp³-hybridized carbons (Fsp3) is 0.781. The van der Waals surface area contributed by atoms with Gasteiger partial charge in [0, 0.05) is 25.5 Å². The highest BCUT2D eigenvalue weighted by Gasteiger charge is 2.29. The number of anilines is 1. The van der Waals surface area contributed by atoms with Crippen molar-refractivity contribution in [2.75, 3.05) is 31.3 Å². The maximum Gasteiger partial charge on any atom is 0.421 e. The van der Waals surface area contributed by atoms with Crippen LogP contribution < -0.4 is 33.4 Å². The van der Waals surface area contributed by atoms with Gasteiger partial charge in [0.25, 0.3) is 0 Å². The first-order valence-corrected chi connectivity index (χ1v) is 15.7. The van der Waals surface area contributed by atoms with Crippen LogP contribution >= 0.6 is 0 Å². The number of nitrogens with zero attached hydrogens (tertiary/aromatic N) is 2. The van der Waals surface area contributed by atoms with Gasteiger partial charge in [0.2, 0.25) is 5.91 Å². The number of carbonyl (C=O) groups is 2. The standard InChI is InChI=1S/C32H55N2O5.HI/c1-4-6-7-8-9-10-11-12-13-14-15-16-17-18-22-37-25-29-23-31(38-26-29)27-39-32(36)34(28(3)35)30-20-19-21-33(5-2)24-30;/h19-21,24,29,31H,4-18,22-23,25-27H2,1-3H3;1H/q+1;/p-1/t29-,31-;/m0./s1. The highest BCUT2D eigenvalue weighted by Crippen LogP contribution is 2.21. The van der Waals surface area contributed by atoms with E-state index in [1.165, 1.54) is 90.4 Å². The van der Waals surface area contributed by atoms with Gasteiger partial charge >= 0.3 is 6.09 Å². The Balaban J connectivity index is 0.00000800. The van der Waals surface area contributed by atoms with Crippen LogP contribution in [0.15, 0.2) is 24.5 Å². The zero-order valence-electron chi connectivity index (χ0n) is 25.4. The van der Waals surface area contributed by atoms with E-state index in [1.54, 1.807) is 12.3 Å². The van der Waals surface area contributed by atoms with Gasteiger partial charge in [-0.25, -0.2) is 14.3 Å². The van der Waals surface area contributed by atoms with Crippen LogP contribution in [0.25, 0.3) is 0 Å². The van der Waals surface area contributed by atoms with Crippen molar-refractivity contribution in [3.63, 3.8) is 0 Å². The maximum atomic E-state index is 12.7. The molecule has 0 saturated carbocycles. The smallest absolute Gasteiger partial charge is 0.421 e. The van der Waals surface area contributed by atoms with E-state index in [-0.39, 0.29) is 42.6 Å². The molecule has 0 radical (unpaired) electrons. The zero-order chi connectivity index (χ0) is 28.1. The Bertz CT molecular complexity index is 809. The quantitative estimate of drug-likeness (QED) is 0.110. The van der Waals surface area contributed by atoms with Crippen molar-refractivity contribution in [3.05, 3.63) is 24.5 Å². The normalized spacial score (nSPS) is 16.5. The summed E-state index contributed by atoms with van der Waals surface area (Å²) in [4.78, 5) is 25.9. The molecule has 0 aromatic carbocycles. The summed E-state index contributed by atoms with van der Waals surface area (Å²) in [6.45, 7) is 8.62. The molecule has 1 saturated heterocycles. The summed E-state index contributed by atoms with van der Waals surface area (Å²) in [5.74, 6) is -0.0575. The maximum absolute atomic E-state index is 12.7. The van der Waals surface area contributed by atoms with Gasteiger partial charge in [-0.2, -0.15) is 0 Å². The average molecular weight is 675 g/mol. The van der Waals surface area contributed by atoms with E-state index in [2.05, 4.69) is 6.92 Å². The Morgan fingerprint density at radius 1 is 0.925 bits per heavy atom. The number of rotatable bonds is 21. The first-order chi connectivity index (χ1) is 19.0. The molecule has 0 N–H and O–H groups in total. The Morgan fingerprint density at radius 2 is 1.52 bits per heavy atom. The van der Waals surface area contributed by atoms with Crippen LogP contribution in [0.3, 0.4) is 0 Å². The zero-order valence-corrected chi connectivity index (χ0v) is 27.6. The molecule has 40 heavy (non-hydrogen) atoms. The summed E-state index contributed by atoms with van der Waals surface area (Å²) < 4.78 is 19.1. The van der Waals surface area contributed by atoms with E-state index in [1.807, 2.05) is 23.8 Å². The lowest BCUT2D eigenvalue weighted by molar-refractivity contribution is -0.693. The van der Waals surface area contributed by atoms with Gasteiger partial charge in [0.15, 0.2) is 12.4 Å². The minimum atomic E-state index is -0.669. The van der Waals surface area contributed by atoms with Crippen LogP contribution in [0.4, 0.5) is 10.5 Å². The van der Waals surface area contributed by atoms with Gasteiger partial charge in [0.1, 0.15) is 18.8 Å². The molecule has 1 aliphatic heterocycles. The van der Waals surface area contributed by atoms with Gasteiger partial charge < -0.3 is 38.2 Å². The molecule has 7 nitrogen and oxygen atoms in total. The molecule has 1 aromatic rings. The average Bonchev–Trinajstić information content (AvgIpc) is 3.39. The van der Waals surface area contributed by atoms with Crippen molar-refractivity contribution < 1.29 is 52.3 Å². The summed E-state index contributed by atoms with van der Waals surface area (Å²) in [5.41, 5.74) is 0.499. The number of ether oxygens (including phenoxy) is 3. The third-order valence-electron chi connectivity index (χ3n) is 7.52. The summed E-state index contributed by atoms with van der Waals surface area (Å²) in [5, 5.41) is 0. The second-order valence-electron chi connectivity index (χ2n) is 11.1. The number of hydrogen-bond donors (Lipinski definition) is 0. The molecule has 2 amide bonds. The molecule has 0 bridgehead atoms. The van der Waals surface area contributed by atoms with E-state index < -0.39 is 6.09 Å². The van der Waals surface area contributed by atoms with Crippen LogP contribution in [0.5, 0.6) is 0 Å². The van der Waals surface area contributed by atoms with Gasteiger partial charge in [-0.3, -0.25) is 4.79 Å². The monoisotopic (exact) mass is 674 g/mol. The number of pyridine rings is 1. The van der Waals surface area contributed by atoms with E-state index in [0.29, 0.717) is 24.8 Å². The Morgan fingerprint density at radius 3 is 2.10 bits per heavy atom. The van der Waals surface area contributed by atoms with Crippen molar-refractivity contribution in [1.29, 1.82) is 0 Å². The van der Waals surface area contributed by atoms with Crippen molar-refractivity contribution >= 4 is 17.7 Å². The van der Waals surface area contributed by atoms with Crippen LogP contribution in [0.1, 0.15) is 117 Å². The Kier molecular flexibility index (Phi) is 21.4. The molecule has 1 aromatic heterocycles. The third-order valence-corrected chi connectivity index (χ3v) is 7.52. The summed E-state index contributed by atoms with van der Waals surface area (Å²) in [7, 11) is 0. The van der Waals surface area contributed by atoms with Gasteiger partial charge in [0.05, 0.1) is 19.3 Å². The number of halogens is 1. The van der Waals surface area contributed by atoms with Crippen LogP contribution in [0.2, 0.25) is 0 Å². The Hall–Kier alpha value is -1.26. The number of imide groups is 1. The molecule has 1 fully saturated rings. The summed E-state index contributed by atoms with van der Waals surface area (Å²) in [6.07, 6.45) is 22.6. The lowest BCUT2D eigenvalue weighted by Gasteiger charge is -2.19. The predicted molar refractivity (Wildman–Crippen MR) is 156 cm³/mol. The van der Waals surface area contributed by atoms with Crippen LogP contribution in [-0.4, -0.2) is 44.5 Å². The fourth-order valence-electron chi connectivity index (χ4n) is 5.14. The predicted octanol–water partition coefficient (Wildman–Crippen LogP) is 4.39. The van der Waals surface area contributed by atoms with Crippen molar-refractivity contribution in [2.45, 2.75) is 130 Å². The number of amides is 2. The number of aryl methyl sites for hydroxylation is 1. The van der Waals surface area contributed by atoms with Gasteiger partial charge in [-0.15, -0.1) is 0 Å². The van der Waals surface area contributed by atoms with E-state index in [4.69, 9.17) is 14.2 Å². The Labute approximate surface area is 260 Å². The molecule has 1 aliphatic rings. The highest BCUT2D eigenvalue weighted by molar-refractivity contribution is 6.11. The van der Waals surface area contributed by atoms with E-state index >= 15 is 0 Å². The molecule has 2 heterocycles. The minimum absolute atomic E-state index is 0. The first-order valence-electron chi connectivity index (χ1n) is 15.7. The lowest BCUT2D eigenvalue weighted by Crippen LogP contribution is -3.00.